The monoisotopic (exact) mass is 349 g/mol. The molecular weight excluding hydrogens is 317 g/mol. The highest BCUT2D eigenvalue weighted by molar-refractivity contribution is 5.53. The van der Waals surface area contributed by atoms with Gasteiger partial charge in [0.05, 0.1) is 13.2 Å². The molecule has 2 heterocycles. The third kappa shape index (κ3) is 4.72. The molecule has 0 bridgehead atoms. The van der Waals surface area contributed by atoms with Crippen LogP contribution in [0.2, 0.25) is 0 Å². The lowest BCUT2D eigenvalue weighted by atomic mass is 10.0. The maximum Gasteiger partial charge on any atom is 0.123 e. The van der Waals surface area contributed by atoms with Gasteiger partial charge in [0.2, 0.25) is 0 Å². The Morgan fingerprint density at radius 3 is 2.52 bits per heavy atom. The van der Waals surface area contributed by atoms with Gasteiger partial charge in [-0.2, -0.15) is 0 Å². The van der Waals surface area contributed by atoms with Crippen LogP contribution in [0.15, 0.2) is 18.2 Å². The highest BCUT2D eigenvalue weighted by Gasteiger charge is 2.26. The van der Waals surface area contributed by atoms with Crippen LogP contribution >= 0.6 is 0 Å². The Balaban J connectivity index is 1.49. The molecule has 1 aromatic carbocycles. The van der Waals surface area contributed by atoms with Crippen LogP contribution in [0.1, 0.15) is 25.3 Å². The molecule has 2 aliphatic rings. The van der Waals surface area contributed by atoms with Crippen LogP contribution in [0, 0.1) is 12.7 Å². The summed E-state index contributed by atoms with van der Waals surface area (Å²) in [7, 11) is 2.26. The van der Waals surface area contributed by atoms with Crippen molar-refractivity contribution in [2.75, 3.05) is 57.9 Å². The van der Waals surface area contributed by atoms with Crippen molar-refractivity contribution in [3.8, 4) is 0 Å². The van der Waals surface area contributed by atoms with Gasteiger partial charge in [0, 0.05) is 50.5 Å². The molecule has 140 valence electrons. The Hall–Kier alpha value is -1.17. The van der Waals surface area contributed by atoms with E-state index in [2.05, 4.69) is 28.7 Å². The molecule has 2 aliphatic heterocycles. The number of anilines is 1. The van der Waals surface area contributed by atoms with Gasteiger partial charge in [-0.05, 0) is 57.5 Å². The third-order valence-electron chi connectivity index (χ3n) is 5.81. The quantitative estimate of drug-likeness (QED) is 0.814. The topological polar surface area (TPSA) is 19.0 Å². The number of likely N-dealkylation sites (N-methyl/N-ethyl adjacent to an activating group) is 1. The lowest BCUT2D eigenvalue weighted by Crippen LogP contribution is -2.50. The van der Waals surface area contributed by atoms with Crippen LogP contribution in [0.5, 0.6) is 0 Å². The summed E-state index contributed by atoms with van der Waals surface area (Å²) in [6.45, 7) is 11.4. The third-order valence-corrected chi connectivity index (χ3v) is 5.81. The average molecular weight is 349 g/mol. The zero-order valence-electron chi connectivity index (χ0n) is 15.9. The maximum absolute atomic E-state index is 13.3. The number of rotatable bonds is 5. The number of morpholine rings is 1. The molecule has 3 rings (SSSR count). The van der Waals surface area contributed by atoms with E-state index < -0.39 is 0 Å². The first kappa shape index (κ1) is 18.6. The fraction of sp³-hybridized carbons (Fsp3) is 0.700. The fourth-order valence-electron chi connectivity index (χ4n) is 4.22. The summed E-state index contributed by atoms with van der Waals surface area (Å²) in [6, 6.07) is 6.35. The normalized spacial score (nSPS) is 21.7. The van der Waals surface area contributed by atoms with Crippen molar-refractivity contribution in [2.24, 2.45) is 0 Å². The van der Waals surface area contributed by atoms with E-state index in [9.17, 15) is 4.39 Å². The lowest BCUT2D eigenvalue weighted by Gasteiger charge is -2.41. The second-order valence-corrected chi connectivity index (χ2v) is 7.59. The molecule has 0 saturated carbocycles. The van der Waals surface area contributed by atoms with E-state index >= 15 is 0 Å². The molecule has 1 aromatic rings. The van der Waals surface area contributed by atoms with E-state index in [0.29, 0.717) is 12.1 Å². The van der Waals surface area contributed by atoms with E-state index in [-0.39, 0.29) is 5.82 Å². The van der Waals surface area contributed by atoms with E-state index in [4.69, 9.17) is 4.74 Å². The van der Waals surface area contributed by atoms with Gasteiger partial charge in [-0.3, -0.25) is 4.90 Å². The number of halogens is 1. The molecule has 2 saturated heterocycles. The number of piperidine rings is 1. The Morgan fingerprint density at radius 2 is 1.88 bits per heavy atom. The van der Waals surface area contributed by atoms with Crippen LogP contribution in [0.3, 0.4) is 0 Å². The molecule has 5 heteroatoms. The van der Waals surface area contributed by atoms with E-state index in [0.717, 1.165) is 51.5 Å². The Labute approximate surface area is 151 Å². The lowest BCUT2D eigenvalue weighted by molar-refractivity contribution is 0.0106. The van der Waals surface area contributed by atoms with Crippen molar-refractivity contribution in [2.45, 2.75) is 38.8 Å². The SMILES string of the molecule is Cc1cc(F)ccc1N1CCC(N(C)CC(C)N2CCOCC2)CC1. The van der Waals surface area contributed by atoms with E-state index in [1.165, 1.54) is 18.5 Å². The van der Waals surface area contributed by atoms with Crippen LogP contribution in [0.4, 0.5) is 10.1 Å². The van der Waals surface area contributed by atoms with Crippen molar-refractivity contribution in [1.82, 2.24) is 9.80 Å². The Kier molecular flexibility index (Phi) is 6.31. The fourth-order valence-corrected chi connectivity index (χ4v) is 4.22. The molecule has 0 radical (unpaired) electrons. The van der Waals surface area contributed by atoms with Crippen molar-refractivity contribution in [1.29, 1.82) is 0 Å². The first-order valence-electron chi connectivity index (χ1n) is 9.57. The number of benzene rings is 1. The number of hydrogen-bond acceptors (Lipinski definition) is 4. The molecule has 0 amide bonds. The number of ether oxygens (including phenoxy) is 1. The van der Waals surface area contributed by atoms with Crippen LogP contribution in [-0.4, -0.2) is 74.9 Å². The van der Waals surface area contributed by atoms with Gasteiger partial charge >= 0.3 is 0 Å². The smallest absolute Gasteiger partial charge is 0.123 e. The van der Waals surface area contributed by atoms with Crippen molar-refractivity contribution in [3.05, 3.63) is 29.6 Å². The van der Waals surface area contributed by atoms with Gasteiger partial charge in [0.1, 0.15) is 5.82 Å². The van der Waals surface area contributed by atoms with Gasteiger partial charge < -0.3 is 14.5 Å². The van der Waals surface area contributed by atoms with E-state index in [1.54, 1.807) is 12.1 Å². The second kappa shape index (κ2) is 8.47. The van der Waals surface area contributed by atoms with E-state index in [1.807, 2.05) is 13.0 Å². The van der Waals surface area contributed by atoms with Crippen LogP contribution in [0.25, 0.3) is 0 Å². The predicted octanol–water partition coefficient (Wildman–Crippen LogP) is 2.76. The van der Waals surface area contributed by atoms with Crippen LogP contribution < -0.4 is 4.90 Å². The largest absolute Gasteiger partial charge is 0.379 e. The molecule has 4 nitrogen and oxygen atoms in total. The summed E-state index contributed by atoms with van der Waals surface area (Å²) < 4.78 is 18.8. The molecule has 0 aromatic heterocycles. The molecule has 0 N–H and O–H groups in total. The van der Waals surface area contributed by atoms with Crippen LogP contribution in [-0.2, 0) is 4.74 Å². The summed E-state index contributed by atoms with van der Waals surface area (Å²) in [5.41, 5.74) is 2.22. The van der Waals surface area contributed by atoms with Crippen molar-refractivity contribution in [3.63, 3.8) is 0 Å². The number of nitrogens with zero attached hydrogens (tertiary/aromatic N) is 3. The number of hydrogen-bond donors (Lipinski definition) is 0. The van der Waals surface area contributed by atoms with Gasteiger partial charge in [-0.15, -0.1) is 0 Å². The molecule has 1 unspecified atom stereocenters. The van der Waals surface area contributed by atoms with Crippen molar-refractivity contribution >= 4 is 5.69 Å². The zero-order chi connectivity index (χ0) is 17.8. The molecule has 1 atom stereocenters. The maximum atomic E-state index is 13.3. The summed E-state index contributed by atoms with van der Waals surface area (Å²) in [5, 5.41) is 0. The average Bonchev–Trinajstić information content (AvgIpc) is 2.62. The van der Waals surface area contributed by atoms with Gasteiger partial charge in [-0.1, -0.05) is 0 Å². The Morgan fingerprint density at radius 1 is 1.20 bits per heavy atom. The molecule has 25 heavy (non-hydrogen) atoms. The minimum Gasteiger partial charge on any atom is -0.379 e. The molecule has 0 aliphatic carbocycles. The zero-order valence-corrected chi connectivity index (χ0v) is 15.9. The summed E-state index contributed by atoms with van der Waals surface area (Å²) in [4.78, 5) is 7.48. The van der Waals surface area contributed by atoms with Gasteiger partial charge in [-0.25, -0.2) is 4.39 Å². The molecule has 2 fully saturated rings. The minimum absolute atomic E-state index is 0.145. The highest BCUT2D eigenvalue weighted by atomic mass is 19.1. The van der Waals surface area contributed by atoms with Gasteiger partial charge in [0.15, 0.2) is 0 Å². The molecular formula is C20H32FN3O. The summed E-state index contributed by atoms with van der Waals surface area (Å²) in [5.74, 6) is -0.145. The summed E-state index contributed by atoms with van der Waals surface area (Å²) >= 11 is 0. The standard InChI is InChI=1S/C20H32FN3O/c1-16-14-18(21)4-5-20(16)24-8-6-19(7-9-24)22(3)15-17(2)23-10-12-25-13-11-23/h4-5,14,17,19H,6-13,15H2,1-3H3. The predicted molar refractivity (Wildman–Crippen MR) is 101 cm³/mol. The molecule has 0 spiro atoms. The second-order valence-electron chi connectivity index (χ2n) is 7.59. The van der Waals surface area contributed by atoms with Gasteiger partial charge in [0.25, 0.3) is 0 Å². The first-order valence-corrected chi connectivity index (χ1v) is 9.57. The Bertz CT molecular complexity index is 554. The first-order chi connectivity index (χ1) is 12.0. The minimum atomic E-state index is -0.145. The summed E-state index contributed by atoms with van der Waals surface area (Å²) in [6.07, 6.45) is 2.34. The number of aryl methyl sites for hydroxylation is 1. The highest BCUT2D eigenvalue weighted by Crippen LogP contribution is 2.26. The van der Waals surface area contributed by atoms with Crippen molar-refractivity contribution < 1.29 is 9.13 Å².